The molecular weight excluding hydrogens is 236 g/mol. The van der Waals surface area contributed by atoms with Crippen molar-refractivity contribution in [1.82, 2.24) is 20.6 Å². The first kappa shape index (κ1) is 11.0. The van der Waals surface area contributed by atoms with E-state index in [0.29, 0.717) is 0 Å². The fourth-order valence-electron chi connectivity index (χ4n) is 2.64. The summed E-state index contributed by atoms with van der Waals surface area (Å²) in [5, 5.41) is 30.2. The predicted molar refractivity (Wildman–Crippen MR) is 58.8 cm³/mol. The van der Waals surface area contributed by atoms with Crippen molar-refractivity contribution in [3.8, 4) is 0 Å². The summed E-state index contributed by atoms with van der Waals surface area (Å²) >= 11 is 0. The summed E-state index contributed by atoms with van der Waals surface area (Å²) in [7, 11) is 0. The van der Waals surface area contributed by atoms with E-state index in [1.54, 1.807) is 0 Å². The molecule has 0 saturated heterocycles. The van der Waals surface area contributed by atoms with Crippen molar-refractivity contribution in [1.29, 1.82) is 0 Å². The van der Waals surface area contributed by atoms with E-state index in [2.05, 4.69) is 30.9 Å². The number of aromatic nitrogens is 4. The Kier molecular flexibility index (Phi) is 2.62. The van der Waals surface area contributed by atoms with Crippen LogP contribution in [0.15, 0.2) is 21.7 Å². The number of carbonyl (C=O) groups excluding carboxylic acids is 1. The lowest BCUT2D eigenvalue weighted by Crippen LogP contribution is -2.21. The van der Waals surface area contributed by atoms with Crippen molar-refractivity contribution in [2.75, 3.05) is 0 Å². The Bertz CT molecular complexity index is 520. The summed E-state index contributed by atoms with van der Waals surface area (Å²) < 4.78 is 0. The lowest BCUT2D eigenvalue weighted by atomic mass is 9.80. The molecule has 2 unspecified atom stereocenters. The highest BCUT2D eigenvalue weighted by atomic mass is 16.3. The number of nitrogens with one attached hydrogen (secondary N) is 1. The van der Waals surface area contributed by atoms with Gasteiger partial charge in [-0.15, -0.1) is 15.3 Å². The maximum atomic E-state index is 12.1. The average Bonchev–Trinajstić information content (AvgIpc) is 2.98. The second-order valence-corrected chi connectivity index (χ2v) is 4.51. The fourth-order valence-corrected chi connectivity index (χ4v) is 2.64. The zero-order valence-corrected chi connectivity index (χ0v) is 9.57. The Labute approximate surface area is 102 Å². The van der Waals surface area contributed by atoms with Crippen molar-refractivity contribution >= 4 is 11.7 Å². The summed E-state index contributed by atoms with van der Waals surface area (Å²) in [4.78, 5) is 12.1. The van der Waals surface area contributed by atoms with Gasteiger partial charge in [-0.2, -0.15) is 5.21 Å². The Morgan fingerprint density at radius 3 is 2.67 bits per heavy atom. The number of ketones is 1. The largest absolute Gasteiger partial charge is 0.510 e. The third-order valence-electron chi connectivity index (χ3n) is 3.50. The monoisotopic (exact) mass is 248 g/mol. The van der Waals surface area contributed by atoms with Gasteiger partial charge in [0.05, 0.1) is 0 Å². The molecule has 1 aromatic rings. The van der Waals surface area contributed by atoms with E-state index in [4.69, 9.17) is 0 Å². The van der Waals surface area contributed by atoms with Gasteiger partial charge < -0.3 is 5.11 Å². The number of allylic oxidation sites excluding steroid dienone is 2. The summed E-state index contributed by atoms with van der Waals surface area (Å²) in [5.41, 5.74) is 0.0525. The van der Waals surface area contributed by atoms with Crippen molar-refractivity contribution in [3.05, 3.63) is 11.5 Å². The maximum Gasteiger partial charge on any atom is 0.307 e. The van der Waals surface area contributed by atoms with Crippen LogP contribution in [0, 0.1) is 11.8 Å². The lowest BCUT2D eigenvalue weighted by molar-refractivity contribution is -0.120. The van der Waals surface area contributed by atoms with E-state index in [1.807, 2.05) is 0 Å². The summed E-state index contributed by atoms with van der Waals surface area (Å²) in [5.74, 6) is -0.220. The zero-order valence-electron chi connectivity index (χ0n) is 9.57. The molecule has 1 heterocycles. The maximum absolute atomic E-state index is 12.1. The number of carbonyl (C=O) groups is 1. The van der Waals surface area contributed by atoms with Crippen molar-refractivity contribution in [2.24, 2.45) is 22.1 Å². The second kappa shape index (κ2) is 4.28. The molecule has 0 aliphatic heterocycles. The van der Waals surface area contributed by atoms with E-state index >= 15 is 0 Å². The molecule has 1 saturated carbocycles. The van der Waals surface area contributed by atoms with Crippen LogP contribution in [-0.4, -0.2) is 31.5 Å². The van der Waals surface area contributed by atoms with Crippen LogP contribution in [0.1, 0.15) is 25.7 Å². The summed E-state index contributed by atoms with van der Waals surface area (Å²) in [6.45, 7) is 0. The Morgan fingerprint density at radius 2 is 2.00 bits per heavy atom. The Morgan fingerprint density at radius 1 is 1.22 bits per heavy atom. The standard InChI is InChI=1S/C10H12N6O2/c17-8-5-3-1-2-4-6(5)9(18)7(8)11-12-10-13-15-16-14-10/h5-6,17H,1-4H2,(H,13,14,15,16). The molecular formula is C10H12N6O2. The van der Waals surface area contributed by atoms with Gasteiger partial charge in [0.1, 0.15) is 5.76 Å². The number of fused-ring (bicyclic) bond motifs is 1. The number of hydrogen-bond acceptors (Lipinski definition) is 7. The van der Waals surface area contributed by atoms with Crippen LogP contribution >= 0.6 is 0 Å². The first-order valence-electron chi connectivity index (χ1n) is 5.90. The number of H-pyrrole nitrogens is 1. The van der Waals surface area contributed by atoms with Crippen LogP contribution in [-0.2, 0) is 4.79 Å². The number of aromatic amines is 1. The van der Waals surface area contributed by atoms with Crippen LogP contribution in [0.3, 0.4) is 0 Å². The highest BCUT2D eigenvalue weighted by Crippen LogP contribution is 2.43. The topological polar surface area (TPSA) is 116 Å². The van der Waals surface area contributed by atoms with Crippen LogP contribution in [0.25, 0.3) is 0 Å². The third-order valence-corrected chi connectivity index (χ3v) is 3.50. The molecule has 3 rings (SSSR count). The minimum atomic E-state index is -0.127. The van der Waals surface area contributed by atoms with E-state index in [1.165, 1.54) is 0 Å². The molecule has 2 aliphatic rings. The van der Waals surface area contributed by atoms with Gasteiger partial charge in [-0.05, 0) is 18.1 Å². The first-order chi connectivity index (χ1) is 8.77. The number of Topliss-reactive ketones (excluding diaryl/α,β-unsaturated/α-hetero) is 1. The van der Waals surface area contributed by atoms with Crippen LogP contribution in [0.2, 0.25) is 0 Å². The SMILES string of the molecule is O=C1C(N=Nc2nn[nH]n2)=C(O)C2CCCCC12. The molecule has 8 heteroatoms. The fraction of sp³-hybridized carbons (Fsp3) is 0.600. The zero-order chi connectivity index (χ0) is 12.5. The van der Waals surface area contributed by atoms with Gasteiger partial charge in [0, 0.05) is 11.8 Å². The smallest absolute Gasteiger partial charge is 0.307 e. The predicted octanol–water partition coefficient (Wildman–Crippen LogP) is 1.44. The molecule has 2 atom stereocenters. The molecule has 0 aromatic carbocycles. The van der Waals surface area contributed by atoms with Gasteiger partial charge in [-0.3, -0.25) is 4.79 Å². The number of tetrazole rings is 1. The number of nitrogens with zero attached hydrogens (tertiary/aromatic N) is 5. The molecule has 0 radical (unpaired) electrons. The number of azo groups is 1. The molecule has 2 N–H and O–H groups in total. The Hall–Kier alpha value is -2.12. The average molecular weight is 248 g/mol. The number of hydrogen-bond donors (Lipinski definition) is 2. The second-order valence-electron chi connectivity index (χ2n) is 4.51. The highest BCUT2D eigenvalue weighted by Gasteiger charge is 2.43. The van der Waals surface area contributed by atoms with Crippen molar-refractivity contribution in [2.45, 2.75) is 25.7 Å². The number of aliphatic hydroxyl groups excluding tert-OH is 1. The minimum absolute atomic E-state index is 0.0398. The van der Waals surface area contributed by atoms with Crippen LogP contribution < -0.4 is 0 Å². The number of aliphatic hydroxyl groups is 1. The van der Waals surface area contributed by atoms with Crippen molar-refractivity contribution < 1.29 is 9.90 Å². The molecule has 94 valence electrons. The molecule has 0 amide bonds. The van der Waals surface area contributed by atoms with Gasteiger partial charge in [-0.25, -0.2) is 0 Å². The van der Waals surface area contributed by atoms with Gasteiger partial charge in [-0.1, -0.05) is 17.9 Å². The van der Waals surface area contributed by atoms with Gasteiger partial charge in [0.25, 0.3) is 0 Å². The van der Waals surface area contributed by atoms with E-state index in [-0.39, 0.29) is 35.0 Å². The minimum Gasteiger partial charge on any atom is -0.510 e. The molecule has 1 fully saturated rings. The normalized spacial score (nSPS) is 28.1. The van der Waals surface area contributed by atoms with Gasteiger partial charge in [0.2, 0.25) is 0 Å². The van der Waals surface area contributed by atoms with Gasteiger partial charge in [0.15, 0.2) is 11.5 Å². The molecule has 2 aliphatic carbocycles. The molecule has 0 spiro atoms. The van der Waals surface area contributed by atoms with Crippen LogP contribution in [0.5, 0.6) is 0 Å². The van der Waals surface area contributed by atoms with Crippen molar-refractivity contribution in [3.63, 3.8) is 0 Å². The molecule has 0 bridgehead atoms. The first-order valence-corrected chi connectivity index (χ1v) is 5.90. The third kappa shape index (κ3) is 1.69. The molecule has 8 nitrogen and oxygen atoms in total. The Balaban J connectivity index is 1.86. The van der Waals surface area contributed by atoms with E-state index in [0.717, 1.165) is 25.7 Å². The highest BCUT2D eigenvalue weighted by molar-refractivity contribution is 6.00. The number of rotatable bonds is 2. The molecule has 18 heavy (non-hydrogen) atoms. The summed E-state index contributed by atoms with van der Waals surface area (Å²) in [6, 6.07) is 0. The van der Waals surface area contributed by atoms with Crippen LogP contribution in [0.4, 0.5) is 5.95 Å². The quantitative estimate of drug-likeness (QED) is 0.768. The summed E-state index contributed by atoms with van der Waals surface area (Å²) in [6.07, 6.45) is 3.71. The lowest BCUT2D eigenvalue weighted by Gasteiger charge is -2.23. The van der Waals surface area contributed by atoms with Gasteiger partial charge >= 0.3 is 5.95 Å². The van der Waals surface area contributed by atoms with E-state index < -0.39 is 0 Å². The van der Waals surface area contributed by atoms with E-state index in [9.17, 15) is 9.90 Å². The molecule has 1 aromatic heterocycles.